The molecule has 2 amide bonds. The van der Waals surface area contributed by atoms with Crippen LogP contribution in [0.2, 0.25) is 0 Å². The standard InChI is InChI=1S/C19H20N2O4/c1-21(2)18(23)15-6-4-13(5-7-15)12-20-17(22)14-8-10-16(11-9-14)19(24)25-3/h4-11H,12H2,1-3H3,(H,20,22). The van der Waals surface area contributed by atoms with Crippen molar-refractivity contribution < 1.29 is 19.1 Å². The lowest BCUT2D eigenvalue weighted by Crippen LogP contribution is -2.23. The summed E-state index contributed by atoms with van der Waals surface area (Å²) in [5, 5.41) is 2.80. The van der Waals surface area contributed by atoms with E-state index in [4.69, 9.17) is 0 Å². The molecule has 0 saturated carbocycles. The van der Waals surface area contributed by atoms with Gasteiger partial charge < -0.3 is 15.0 Å². The molecule has 25 heavy (non-hydrogen) atoms. The van der Waals surface area contributed by atoms with E-state index in [1.54, 1.807) is 62.6 Å². The first kappa shape index (κ1) is 18.2. The average Bonchev–Trinajstić information content (AvgIpc) is 2.65. The van der Waals surface area contributed by atoms with Gasteiger partial charge in [0.2, 0.25) is 0 Å². The maximum atomic E-state index is 12.1. The molecule has 6 nitrogen and oxygen atoms in total. The molecule has 0 aromatic heterocycles. The molecule has 0 aliphatic carbocycles. The number of hydrogen-bond acceptors (Lipinski definition) is 4. The zero-order valence-electron chi connectivity index (χ0n) is 14.4. The Morgan fingerprint density at radius 2 is 1.40 bits per heavy atom. The minimum Gasteiger partial charge on any atom is -0.465 e. The summed E-state index contributed by atoms with van der Waals surface area (Å²) in [6.07, 6.45) is 0. The summed E-state index contributed by atoms with van der Waals surface area (Å²) < 4.78 is 4.62. The first-order valence-electron chi connectivity index (χ1n) is 7.69. The van der Waals surface area contributed by atoms with Gasteiger partial charge in [0.15, 0.2) is 0 Å². The van der Waals surface area contributed by atoms with Gasteiger partial charge in [-0.25, -0.2) is 4.79 Å². The molecule has 0 radical (unpaired) electrons. The molecule has 2 rings (SSSR count). The predicted octanol–water partition coefficient (Wildman–Crippen LogP) is 2.11. The Morgan fingerprint density at radius 1 is 0.880 bits per heavy atom. The van der Waals surface area contributed by atoms with Crippen LogP contribution in [0.15, 0.2) is 48.5 Å². The third-order valence-electron chi connectivity index (χ3n) is 3.63. The van der Waals surface area contributed by atoms with Crippen molar-refractivity contribution in [2.75, 3.05) is 21.2 Å². The molecule has 0 atom stereocenters. The number of benzene rings is 2. The van der Waals surface area contributed by atoms with E-state index >= 15 is 0 Å². The first-order valence-corrected chi connectivity index (χ1v) is 7.69. The van der Waals surface area contributed by atoms with Gasteiger partial charge >= 0.3 is 5.97 Å². The van der Waals surface area contributed by atoms with Crippen LogP contribution in [0.1, 0.15) is 36.6 Å². The lowest BCUT2D eigenvalue weighted by Gasteiger charge is -2.11. The highest BCUT2D eigenvalue weighted by Crippen LogP contribution is 2.08. The van der Waals surface area contributed by atoms with E-state index in [-0.39, 0.29) is 11.8 Å². The topological polar surface area (TPSA) is 75.7 Å². The summed E-state index contributed by atoms with van der Waals surface area (Å²) in [7, 11) is 4.70. The Labute approximate surface area is 146 Å². The van der Waals surface area contributed by atoms with E-state index in [1.165, 1.54) is 12.0 Å². The van der Waals surface area contributed by atoms with E-state index in [0.717, 1.165) is 5.56 Å². The summed E-state index contributed by atoms with van der Waals surface area (Å²) in [6.45, 7) is 0.341. The molecule has 0 saturated heterocycles. The maximum absolute atomic E-state index is 12.1. The number of carbonyl (C=O) groups excluding carboxylic acids is 3. The zero-order valence-corrected chi connectivity index (χ0v) is 14.4. The van der Waals surface area contributed by atoms with Crippen LogP contribution in [0.25, 0.3) is 0 Å². The van der Waals surface area contributed by atoms with Crippen molar-refractivity contribution in [1.29, 1.82) is 0 Å². The first-order chi connectivity index (χ1) is 11.9. The Hall–Kier alpha value is -3.15. The van der Waals surface area contributed by atoms with Crippen molar-refractivity contribution in [2.45, 2.75) is 6.54 Å². The average molecular weight is 340 g/mol. The number of methoxy groups -OCH3 is 1. The SMILES string of the molecule is COC(=O)c1ccc(C(=O)NCc2ccc(C(=O)N(C)C)cc2)cc1. The van der Waals surface area contributed by atoms with E-state index in [2.05, 4.69) is 10.1 Å². The van der Waals surface area contributed by atoms with Crippen LogP contribution in [-0.2, 0) is 11.3 Å². The molecular weight excluding hydrogens is 320 g/mol. The van der Waals surface area contributed by atoms with E-state index in [0.29, 0.717) is 23.2 Å². The molecular formula is C19H20N2O4. The zero-order chi connectivity index (χ0) is 18.4. The molecule has 6 heteroatoms. The molecule has 0 bridgehead atoms. The van der Waals surface area contributed by atoms with Crippen LogP contribution in [0.4, 0.5) is 0 Å². The summed E-state index contributed by atoms with van der Waals surface area (Å²) in [5.74, 6) is -0.759. The summed E-state index contributed by atoms with van der Waals surface area (Å²) in [6, 6.07) is 13.3. The molecule has 2 aromatic rings. The Kier molecular flexibility index (Phi) is 5.89. The predicted molar refractivity (Wildman–Crippen MR) is 93.4 cm³/mol. The largest absolute Gasteiger partial charge is 0.465 e. The molecule has 1 N–H and O–H groups in total. The van der Waals surface area contributed by atoms with Crippen LogP contribution in [0.5, 0.6) is 0 Å². The minimum atomic E-state index is -0.445. The highest BCUT2D eigenvalue weighted by Gasteiger charge is 2.10. The van der Waals surface area contributed by atoms with Crippen molar-refractivity contribution in [3.63, 3.8) is 0 Å². The van der Waals surface area contributed by atoms with E-state index in [9.17, 15) is 14.4 Å². The van der Waals surface area contributed by atoms with Crippen LogP contribution in [0.3, 0.4) is 0 Å². The Morgan fingerprint density at radius 3 is 1.92 bits per heavy atom. The second-order valence-electron chi connectivity index (χ2n) is 5.65. The summed E-state index contributed by atoms with van der Waals surface area (Å²) >= 11 is 0. The third-order valence-corrected chi connectivity index (χ3v) is 3.63. The second-order valence-corrected chi connectivity index (χ2v) is 5.65. The van der Waals surface area contributed by atoms with Crippen LogP contribution in [-0.4, -0.2) is 43.9 Å². The second kappa shape index (κ2) is 8.10. The number of rotatable bonds is 5. The number of carbonyl (C=O) groups is 3. The van der Waals surface area contributed by atoms with Gasteiger partial charge in [-0.05, 0) is 42.0 Å². The highest BCUT2D eigenvalue weighted by molar-refractivity contribution is 5.96. The number of nitrogens with zero attached hydrogens (tertiary/aromatic N) is 1. The molecule has 2 aromatic carbocycles. The highest BCUT2D eigenvalue weighted by atomic mass is 16.5. The molecule has 0 unspecified atom stereocenters. The van der Waals surface area contributed by atoms with E-state index in [1.807, 2.05) is 0 Å². The Bertz CT molecular complexity index is 765. The van der Waals surface area contributed by atoms with Gasteiger partial charge in [0.1, 0.15) is 0 Å². The maximum Gasteiger partial charge on any atom is 0.337 e. The molecule has 0 spiro atoms. The molecule has 0 fully saturated rings. The van der Waals surface area contributed by atoms with Gasteiger partial charge in [-0.3, -0.25) is 9.59 Å². The van der Waals surface area contributed by atoms with Crippen LogP contribution >= 0.6 is 0 Å². The van der Waals surface area contributed by atoms with Gasteiger partial charge in [0.05, 0.1) is 12.7 Å². The monoisotopic (exact) mass is 340 g/mol. The number of nitrogens with one attached hydrogen (secondary N) is 1. The fourth-order valence-corrected chi connectivity index (χ4v) is 2.18. The summed E-state index contributed by atoms with van der Waals surface area (Å²) in [5.41, 5.74) is 2.32. The number of amides is 2. The normalized spacial score (nSPS) is 10.0. The van der Waals surface area contributed by atoms with Crippen LogP contribution in [0, 0.1) is 0 Å². The van der Waals surface area contributed by atoms with Crippen LogP contribution < -0.4 is 5.32 Å². The van der Waals surface area contributed by atoms with Crippen molar-refractivity contribution in [3.05, 3.63) is 70.8 Å². The summed E-state index contributed by atoms with van der Waals surface area (Å²) in [4.78, 5) is 36.9. The molecule has 130 valence electrons. The number of hydrogen-bond donors (Lipinski definition) is 1. The minimum absolute atomic E-state index is 0.0683. The Balaban J connectivity index is 1.95. The quantitative estimate of drug-likeness (QED) is 0.846. The van der Waals surface area contributed by atoms with Crippen molar-refractivity contribution in [3.8, 4) is 0 Å². The van der Waals surface area contributed by atoms with Gasteiger partial charge in [-0.1, -0.05) is 12.1 Å². The molecule has 0 aliphatic heterocycles. The molecule has 0 heterocycles. The van der Waals surface area contributed by atoms with E-state index < -0.39 is 5.97 Å². The van der Waals surface area contributed by atoms with Gasteiger partial charge in [-0.2, -0.15) is 0 Å². The lowest BCUT2D eigenvalue weighted by atomic mass is 10.1. The smallest absolute Gasteiger partial charge is 0.337 e. The van der Waals surface area contributed by atoms with Gasteiger partial charge in [0, 0.05) is 31.8 Å². The third kappa shape index (κ3) is 4.67. The fraction of sp³-hybridized carbons (Fsp3) is 0.211. The molecule has 0 aliphatic rings. The fourth-order valence-electron chi connectivity index (χ4n) is 2.18. The van der Waals surface area contributed by atoms with Gasteiger partial charge in [-0.15, -0.1) is 0 Å². The number of ether oxygens (including phenoxy) is 1. The lowest BCUT2D eigenvalue weighted by molar-refractivity contribution is 0.0600. The van der Waals surface area contributed by atoms with Crippen molar-refractivity contribution in [2.24, 2.45) is 0 Å². The van der Waals surface area contributed by atoms with Crippen molar-refractivity contribution >= 4 is 17.8 Å². The van der Waals surface area contributed by atoms with Gasteiger partial charge in [0.25, 0.3) is 11.8 Å². The number of esters is 1. The van der Waals surface area contributed by atoms with Crippen molar-refractivity contribution in [1.82, 2.24) is 10.2 Å².